The van der Waals surface area contributed by atoms with Gasteiger partial charge >= 0.3 is 0 Å². The van der Waals surface area contributed by atoms with Crippen molar-refractivity contribution in [3.8, 4) is 0 Å². The Kier molecular flexibility index (Phi) is 4.89. The van der Waals surface area contributed by atoms with E-state index in [0.29, 0.717) is 0 Å². The van der Waals surface area contributed by atoms with Crippen LogP contribution in [0.2, 0.25) is 0 Å². The molecule has 138 valence electrons. The van der Waals surface area contributed by atoms with E-state index in [9.17, 15) is 0 Å². The Bertz CT molecular complexity index is 966. The molecule has 1 fully saturated rings. The molecule has 27 heavy (non-hydrogen) atoms. The minimum Gasteiger partial charge on any atom is -0.132 e. The van der Waals surface area contributed by atoms with Gasteiger partial charge in [0, 0.05) is 5.41 Å². The standard InChI is InChI=1S/C25H28P2/c1-2-4-6-14-25(13-5-3-1,21-7-9-23-19(17-21)11-15-26-23)22-8-10-24-20(18-22)12-16-27-24/h7-12,15-18,26-27H,1-6,13-14H2. The summed E-state index contributed by atoms with van der Waals surface area (Å²) in [7, 11) is 1.71. The molecular weight excluding hydrogens is 362 g/mol. The first-order chi connectivity index (χ1) is 13.4. The highest BCUT2D eigenvalue weighted by Gasteiger charge is 2.34. The van der Waals surface area contributed by atoms with Crippen LogP contribution in [0, 0.1) is 0 Å². The third-order valence-corrected chi connectivity index (χ3v) is 8.87. The second-order valence-electron chi connectivity index (χ2n) is 8.26. The van der Waals surface area contributed by atoms with Crippen molar-refractivity contribution in [3.05, 3.63) is 71.3 Å². The number of rotatable bonds is 2. The van der Waals surface area contributed by atoms with E-state index in [4.69, 9.17) is 0 Å². The topological polar surface area (TPSA) is 0 Å². The van der Waals surface area contributed by atoms with Crippen molar-refractivity contribution in [3.63, 3.8) is 0 Å². The Hall–Kier alpha value is -1.48. The molecule has 5 rings (SSSR count). The van der Waals surface area contributed by atoms with Crippen molar-refractivity contribution in [1.82, 2.24) is 0 Å². The molecule has 2 aromatic heterocycles. The average molecular weight is 390 g/mol. The normalized spacial score (nSPS) is 18.8. The molecule has 0 radical (unpaired) electrons. The first-order valence-corrected chi connectivity index (χ1v) is 12.7. The lowest BCUT2D eigenvalue weighted by atomic mass is 9.68. The summed E-state index contributed by atoms with van der Waals surface area (Å²) in [6.07, 6.45) is 10.9. The van der Waals surface area contributed by atoms with Crippen LogP contribution in [0.25, 0.3) is 21.0 Å². The van der Waals surface area contributed by atoms with Crippen LogP contribution in [0.3, 0.4) is 0 Å². The largest absolute Gasteiger partial charge is 0.132 e. The SMILES string of the molecule is c1cc2cc(C3(c4ccc5[pH]ccc5c4)CCCCCCCC3)ccc2[pH]1. The Balaban J connectivity index is 1.69. The van der Waals surface area contributed by atoms with Crippen LogP contribution in [0.4, 0.5) is 0 Å². The van der Waals surface area contributed by atoms with Gasteiger partial charge in [0.1, 0.15) is 0 Å². The second kappa shape index (κ2) is 7.50. The summed E-state index contributed by atoms with van der Waals surface area (Å²) in [5, 5.41) is 5.98. The van der Waals surface area contributed by atoms with Crippen molar-refractivity contribution in [2.24, 2.45) is 0 Å². The first kappa shape index (κ1) is 17.6. The molecule has 0 spiro atoms. The predicted molar refractivity (Wildman–Crippen MR) is 125 cm³/mol. The third kappa shape index (κ3) is 3.29. The van der Waals surface area contributed by atoms with Crippen molar-refractivity contribution in [2.75, 3.05) is 0 Å². The Morgan fingerprint density at radius 1 is 0.556 bits per heavy atom. The third-order valence-electron chi connectivity index (χ3n) is 6.67. The summed E-state index contributed by atoms with van der Waals surface area (Å²) in [6, 6.07) is 19.5. The zero-order chi connectivity index (χ0) is 18.1. The second-order valence-corrected chi connectivity index (χ2v) is 10.6. The summed E-state index contributed by atoms with van der Waals surface area (Å²) in [5.41, 5.74) is 3.31. The molecule has 2 aromatic carbocycles. The summed E-state index contributed by atoms with van der Waals surface area (Å²) < 4.78 is 0. The van der Waals surface area contributed by atoms with Crippen LogP contribution in [0.15, 0.2) is 60.1 Å². The maximum absolute atomic E-state index is 2.52. The fraction of sp³-hybridized carbons (Fsp3) is 0.360. The lowest BCUT2D eigenvalue weighted by Crippen LogP contribution is -2.28. The van der Waals surface area contributed by atoms with Crippen LogP contribution >= 0.6 is 16.4 Å². The molecule has 0 N–H and O–H groups in total. The van der Waals surface area contributed by atoms with Gasteiger partial charge in [-0.05, 0) is 68.7 Å². The lowest BCUT2D eigenvalue weighted by molar-refractivity contribution is 0.414. The Morgan fingerprint density at radius 2 is 1.04 bits per heavy atom. The van der Waals surface area contributed by atoms with Crippen molar-refractivity contribution in [2.45, 2.75) is 56.8 Å². The molecule has 1 saturated carbocycles. The molecule has 2 heteroatoms. The van der Waals surface area contributed by atoms with Gasteiger partial charge in [-0.1, -0.05) is 74.9 Å². The van der Waals surface area contributed by atoms with Gasteiger partial charge in [0.15, 0.2) is 0 Å². The van der Waals surface area contributed by atoms with Crippen LogP contribution in [0.5, 0.6) is 0 Å². The smallest absolute Gasteiger partial charge is 0.0203 e. The van der Waals surface area contributed by atoms with Gasteiger partial charge in [-0.25, -0.2) is 0 Å². The van der Waals surface area contributed by atoms with Gasteiger partial charge in [0.25, 0.3) is 0 Å². The molecule has 0 nitrogen and oxygen atoms in total. The predicted octanol–water partition coefficient (Wildman–Crippen LogP) is 8.48. The van der Waals surface area contributed by atoms with Gasteiger partial charge in [-0.15, -0.1) is 16.4 Å². The monoisotopic (exact) mass is 390 g/mol. The zero-order valence-electron chi connectivity index (χ0n) is 15.9. The first-order valence-electron chi connectivity index (χ1n) is 10.5. The molecule has 0 amide bonds. The van der Waals surface area contributed by atoms with E-state index in [1.807, 2.05) is 0 Å². The highest BCUT2D eigenvalue weighted by atomic mass is 31.0. The van der Waals surface area contributed by atoms with Gasteiger partial charge in [0.05, 0.1) is 0 Å². The molecule has 0 saturated heterocycles. The minimum atomic E-state index is 0.188. The number of benzene rings is 2. The molecular formula is C25H28P2. The fourth-order valence-electron chi connectivity index (χ4n) is 5.13. The van der Waals surface area contributed by atoms with Crippen LogP contribution in [-0.4, -0.2) is 0 Å². The molecule has 2 atom stereocenters. The summed E-state index contributed by atoms with van der Waals surface area (Å²) >= 11 is 0. The van der Waals surface area contributed by atoms with Crippen molar-refractivity contribution >= 4 is 37.4 Å². The highest BCUT2D eigenvalue weighted by molar-refractivity contribution is 7.36. The van der Waals surface area contributed by atoms with E-state index in [1.165, 1.54) is 72.4 Å². The summed E-state index contributed by atoms with van der Waals surface area (Å²) in [4.78, 5) is 0. The summed E-state index contributed by atoms with van der Waals surface area (Å²) in [5.74, 6) is 4.68. The fourth-order valence-corrected chi connectivity index (χ4v) is 7.02. The van der Waals surface area contributed by atoms with Gasteiger partial charge in [0.2, 0.25) is 0 Å². The van der Waals surface area contributed by atoms with Crippen LogP contribution < -0.4 is 0 Å². The minimum absolute atomic E-state index is 0.188. The van der Waals surface area contributed by atoms with Gasteiger partial charge in [-0.3, -0.25) is 0 Å². The molecule has 2 unspecified atom stereocenters. The molecule has 4 aromatic rings. The van der Waals surface area contributed by atoms with E-state index >= 15 is 0 Å². The van der Waals surface area contributed by atoms with Gasteiger partial charge in [-0.2, -0.15) is 0 Å². The highest BCUT2D eigenvalue weighted by Crippen LogP contribution is 2.45. The van der Waals surface area contributed by atoms with Crippen LogP contribution in [-0.2, 0) is 5.41 Å². The molecule has 0 bridgehead atoms. The Labute approximate surface area is 165 Å². The summed E-state index contributed by atoms with van der Waals surface area (Å²) in [6.45, 7) is 0. The zero-order valence-corrected chi connectivity index (χ0v) is 17.9. The molecule has 1 aliphatic carbocycles. The quantitative estimate of drug-likeness (QED) is 0.322. The Morgan fingerprint density at radius 3 is 1.56 bits per heavy atom. The van der Waals surface area contributed by atoms with Crippen molar-refractivity contribution < 1.29 is 0 Å². The van der Waals surface area contributed by atoms with E-state index < -0.39 is 0 Å². The van der Waals surface area contributed by atoms with Gasteiger partial charge < -0.3 is 0 Å². The van der Waals surface area contributed by atoms with E-state index in [1.54, 1.807) is 11.1 Å². The molecule has 2 heterocycles. The average Bonchev–Trinajstić information content (AvgIpc) is 3.37. The van der Waals surface area contributed by atoms with Crippen LogP contribution in [0.1, 0.15) is 62.5 Å². The van der Waals surface area contributed by atoms with E-state index in [2.05, 4.69) is 60.1 Å². The lowest BCUT2D eigenvalue weighted by Gasteiger charge is -2.36. The number of hydrogen-bond donors (Lipinski definition) is 0. The van der Waals surface area contributed by atoms with Crippen molar-refractivity contribution in [1.29, 1.82) is 0 Å². The molecule has 0 aliphatic heterocycles. The maximum Gasteiger partial charge on any atom is 0.0203 e. The van der Waals surface area contributed by atoms with E-state index in [-0.39, 0.29) is 5.41 Å². The number of hydrogen-bond acceptors (Lipinski definition) is 0. The maximum atomic E-state index is 2.52. The molecule has 1 aliphatic rings. The number of fused-ring (bicyclic) bond motifs is 2. The van der Waals surface area contributed by atoms with E-state index in [0.717, 1.165) is 16.4 Å².